The number of aryl methyl sites for hydroxylation is 1. The number of hydrogen-bond donors (Lipinski definition) is 1. The first-order chi connectivity index (χ1) is 12.4. The molecule has 3 rings (SSSR count). The van der Waals surface area contributed by atoms with Gasteiger partial charge in [-0.15, -0.1) is 21.5 Å². The summed E-state index contributed by atoms with van der Waals surface area (Å²) < 4.78 is 32.7. The Morgan fingerprint density at radius 2 is 2.08 bits per heavy atom. The Kier molecular flexibility index (Phi) is 5.62. The van der Waals surface area contributed by atoms with Crippen LogP contribution in [0.5, 0.6) is 0 Å². The zero-order chi connectivity index (χ0) is 18.7. The SMILES string of the molecule is Cc1nc(Cc2nnc(S[C@H](C)C(=O)Nc3c(F)cccc3F)o2)cs1. The van der Waals surface area contributed by atoms with E-state index in [0.717, 1.165) is 34.6 Å². The van der Waals surface area contributed by atoms with Crippen LogP contribution in [0.15, 0.2) is 33.2 Å². The lowest BCUT2D eigenvalue weighted by molar-refractivity contribution is -0.115. The summed E-state index contributed by atoms with van der Waals surface area (Å²) in [7, 11) is 0. The largest absolute Gasteiger partial charge is 0.416 e. The number of carbonyl (C=O) groups excluding carboxylic acids is 1. The fourth-order valence-electron chi connectivity index (χ4n) is 2.05. The van der Waals surface area contributed by atoms with Crippen LogP contribution < -0.4 is 5.32 Å². The molecule has 0 spiro atoms. The van der Waals surface area contributed by atoms with Crippen molar-refractivity contribution in [2.24, 2.45) is 0 Å². The molecular formula is C16H14F2N4O2S2. The van der Waals surface area contributed by atoms with Gasteiger partial charge in [0.05, 0.1) is 22.4 Å². The maximum absolute atomic E-state index is 13.6. The van der Waals surface area contributed by atoms with Gasteiger partial charge in [-0.25, -0.2) is 13.8 Å². The van der Waals surface area contributed by atoms with E-state index in [1.807, 2.05) is 12.3 Å². The molecule has 0 aliphatic carbocycles. The Hall–Kier alpha value is -2.33. The summed E-state index contributed by atoms with van der Waals surface area (Å²) in [5, 5.41) is 12.4. The van der Waals surface area contributed by atoms with Gasteiger partial charge >= 0.3 is 0 Å². The molecule has 1 aromatic carbocycles. The molecule has 26 heavy (non-hydrogen) atoms. The van der Waals surface area contributed by atoms with Crippen molar-refractivity contribution in [3.05, 3.63) is 51.8 Å². The van der Waals surface area contributed by atoms with Gasteiger partial charge in [-0.3, -0.25) is 4.79 Å². The third-order valence-corrected chi connectivity index (χ3v) is 5.06. The highest BCUT2D eigenvalue weighted by Gasteiger charge is 2.21. The summed E-state index contributed by atoms with van der Waals surface area (Å²) in [4.78, 5) is 16.5. The van der Waals surface area contributed by atoms with Gasteiger partial charge < -0.3 is 9.73 Å². The molecule has 0 saturated carbocycles. The molecule has 0 radical (unpaired) electrons. The molecule has 136 valence electrons. The van der Waals surface area contributed by atoms with Crippen molar-refractivity contribution in [3.63, 3.8) is 0 Å². The predicted octanol–water partition coefficient (Wildman–Crippen LogP) is 3.82. The second-order valence-corrected chi connectivity index (χ2v) is 7.70. The molecule has 6 nitrogen and oxygen atoms in total. The van der Waals surface area contributed by atoms with Crippen molar-refractivity contribution in [1.29, 1.82) is 0 Å². The second-order valence-electron chi connectivity index (χ2n) is 5.34. The Morgan fingerprint density at radius 1 is 1.35 bits per heavy atom. The summed E-state index contributed by atoms with van der Waals surface area (Å²) >= 11 is 2.53. The summed E-state index contributed by atoms with van der Waals surface area (Å²) in [6.07, 6.45) is 0.402. The summed E-state index contributed by atoms with van der Waals surface area (Å²) in [5.74, 6) is -1.87. The molecule has 1 amide bonds. The second kappa shape index (κ2) is 7.92. The van der Waals surface area contributed by atoms with Crippen LogP contribution in [0.25, 0.3) is 0 Å². The van der Waals surface area contributed by atoms with Gasteiger partial charge in [0.15, 0.2) is 0 Å². The molecule has 0 fully saturated rings. The maximum Gasteiger partial charge on any atom is 0.277 e. The van der Waals surface area contributed by atoms with Gasteiger partial charge in [0, 0.05) is 5.38 Å². The number of benzene rings is 1. The number of thioether (sulfide) groups is 1. The topological polar surface area (TPSA) is 80.9 Å². The molecule has 0 aliphatic heterocycles. The third kappa shape index (κ3) is 4.44. The van der Waals surface area contributed by atoms with Crippen molar-refractivity contribution in [2.75, 3.05) is 5.32 Å². The van der Waals surface area contributed by atoms with E-state index in [2.05, 4.69) is 20.5 Å². The van der Waals surface area contributed by atoms with Crippen LogP contribution in [-0.2, 0) is 11.2 Å². The predicted molar refractivity (Wildman–Crippen MR) is 94.3 cm³/mol. The van der Waals surface area contributed by atoms with E-state index in [1.54, 1.807) is 6.92 Å². The molecule has 0 unspecified atom stereocenters. The van der Waals surface area contributed by atoms with E-state index in [9.17, 15) is 13.6 Å². The fourth-order valence-corrected chi connectivity index (χ4v) is 3.36. The number of carbonyl (C=O) groups is 1. The van der Waals surface area contributed by atoms with Crippen LogP contribution in [0.2, 0.25) is 0 Å². The molecular weight excluding hydrogens is 382 g/mol. The average Bonchev–Trinajstić information content (AvgIpc) is 3.20. The van der Waals surface area contributed by atoms with Crippen LogP contribution in [-0.4, -0.2) is 26.3 Å². The molecule has 2 heterocycles. The highest BCUT2D eigenvalue weighted by atomic mass is 32.2. The average molecular weight is 396 g/mol. The number of rotatable bonds is 6. The van der Waals surface area contributed by atoms with E-state index in [-0.39, 0.29) is 5.22 Å². The van der Waals surface area contributed by atoms with Crippen molar-refractivity contribution in [3.8, 4) is 0 Å². The first-order valence-corrected chi connectivity index (χ1v) is 9.33. The lowest BCUT2D eigenvalue weighted by Crippen LogP contribution is -2.23. The standard InChI is InChI=1S/C16H14F2N4O2S2/c1-8(15(23)20-14-11(17)4-3-5-12(14)18)26-16-22-21-13(24-16)6-10-7-25-9(2)19-10/h3-5,7-8H,6H2,1-2H3,(H,20,23)/t8-/m1/s1. The molecule has 1 N–H and O–H groups in total. The Labute approximate surface area is 156 Å². The number of amides is 1. The van der Waals surface area contributed by atoms with Gasteiger partial charge in [0.25, 0.3) is 5.22 Å². The Morgan fingerprint density at radius 3 is 2.73 bits per heavy atom. The molecule has 0 saturated heterocycles. The van der Waals surface area contributed by atoms with Gasteiger partial charge in [0.1, 0.15) is 17.3 Å². The van der Waals surface area contributed by atoms with E-state index in [0.29, 0.717) is 12.3 Å². The number of thiazole rings is 1. The number of anilines is 1. The minimum atomic E-state index is -0.839. The first-order valence-electron chi connectivity index (χ1n) is 7.57. The summed E-state index contributed by atoms with van der Waals surface area (Å²) in [5.41, 5.74) is 0.351. The van der Waals surface area contributed by atoms with Crippen molar-refractivity contribution in [2.45, 2.75) is 30.7 Å². The minimum Gasteiger partial charge on any atom is -0.416 e. The van der Waals surface area contributed by atoms with Gasteiger partial charge in [-0.05, 0) is 26.0 Å². The van der Waals surface area contributed by atoms with Crippen LogP contribution in [0, 0.1) is 18.6 Å². The number of nitrogens with one attached hydrogen (secondary N) is 1. The first kappa shape index (κ1) is 18.5. The van der Waals surface area contributed by atoms with E-state index < -0.39 is 28.5 Å². The van der Waals surface area contributed by atoms with E-state index in [4.69, 9.17) is 4.42 Å². The lowest BCUT2D eigenvalue weighted by atomic mass is 10.3. The van der Waals surface area contributed by atoms with E-state index >= 15 is 0 Å². The summed E-state index contributed by atoms with van der Waals surface area (Å²) in [6, 6.07) is 3.37. The number of para-hydroxylation sites is 1. The normalized spacial score (nSPS) is 12.2. The number of halogens is 2. The highest BCUT2D eigenvalue weighted by Crippen LogP contribution is 2.25. The van der Waals surface area contributed by atoms with E-state index in [1.165, 1.54) is 17.4 Å². The molecule has 2 aromatic heterocycles. The van der Waals surface area contributed by atoms with Crippen molar-refractivity contribution >= 4 is 34.7 Å². The number of aromatic nitrogens is 3. The number of nitrogens with zero attached hydrogens (tertiary/aromatic N) is 3. The van der Waals surface area contributed by atoms with Gasteiger partial charge in [0.2, 0.25) is 11.8 Å². The lowest BCUT2D eigenvalue weighted by Gasteiger charge is -2.11. The van der Waals surface area contributed by atoms with Crippen LogP contribution >= 0.6 is 23.1 Å². The van der Waals surface area contributed by atoms with Crippen LogP contribution in [0.4, 0.5) is 14.5 Å². The Balaban J connectivity index is 1.61. The number of hydrogen-bond acceptors (Lipinski definition) is 7. The highest BCUT2D eigenvalue weighted by molar-refractivity contribution is 8.00. The third-order valence-electron chi connectivity index (χ3n) is 3.31. The van der Waals surface area contributed by atoms with Crippen LogP contribution in [0.1, 0.15) is 23.5 Å². The Bertz CT molecular complexity index is 908. The molecule has 0 aliphatic rings. The molecule has 3 aromatic rings. The zero-order valence-electron chi connectivity index (χ0n) is 13.8. The maximum atomic E-state index is 13.6. The molecule has 10 heteroatoms. The van der Waals surface area contributed by atoms with Gasteiger partial charge in [-0.2, -0.15) is 0 Å². The summed E-state index contributed by atoms with van der Waals surface area (Å²) in [6.45, 7) is 3.48. The van der Waals surface area contributed by atoms with Gasteiger partial charge in [-0.1, -0.05) is 17.8 Å². The quantitative estimate of drug-likeness (QED) is 0.638. The molecule has 1 atom stereocenters. The van der Waals surface area contributed by atoms with Crippen LogP contribution in [0.3, 0.4) is 0 Å². The minimum absolute atomic E-state index is 0.198. The smallest absolute Gasteiger partial charge is 0.277 e. The van der Waals surface area contributed by atoms with Crippen molar-refractivity contribution in [1.82, 2.24) is 15.2 Å². The molecule has 0 bridgehead atoms. The zero-order valence-corrected chi connectivity index (χ0v) is 15.5. The monoisotopic (exact) mass is 396 g/mol. The van der Waals surface area contributed by atoms with Crippen molar-refractivity contribution < 1.29 is 18.0 Å². The fraction of sp³-hybridized carbons (Fsp3) is 0.250.